The minimum atomic E-state index is -0.143. The van der Waals surface area contributed by atoms with Crippen molar-refractivity contribution in [2.24, 2.45) is 0 Å². The number of hydrogen-bond acceptors (Lipinski definition) is 2. The lowest BCUT2D eigenvalue weighted by molar-refractivity contribution is 0.102. The Morgan fingerprint density at radius 1 is 1.08 bits per heavy atom. The fourth-order valence-electron chi connectivity index (χ4n) is 2.64. The molecule has 0 aliphatic rings. The number of amides is 1. The molecule has 1 N–H and O–H groups in total. The van der Waals surface area contributed by atoms with Gasteiger partial charge in [-0.15, -0.1) is 0 Å². The van der Waals surface area contributed by atoms with Crippen molar-refractivity contribution in [2.75, 3.05) is 5.32 Å². The predicted octanol–water partition coefficient (Wildman–Crippen LogP) is 4.56. The monoisotopic (exact) mass is 319 g/mol. The normalized spacial score (nSPS) is 10.8. The standard InChI is InChI=1S/C20H21N3O/c1-14(2)16-8-7-9-17(12-16)22-20(24)19-13-21-23(15(19)3)18-10-5-4-6-11-18/h4-14H,1-3H3,(H,22,24). The molecule has 2 aromatic carbocycles. The van der Waals surface area contributed by atoms with Gasteiger partial charge in [-0.25, -0.2) is 4.68 Å². The molecule has 0 unspecified atom stereocenters. The average molecular weight is 319 g/mol. The fraction of sp³-hybridized carbons (Fsp3) is 0.200. The molecule has 0 spiro atoms. The van der Waals surface area contributed by atoms with Gasteiger partial charge in [0.2, 0.25) is 0 Å². The van der Waals surface area contributed by atoms with Gasteiger partial charge in [0.1, 0.15) is 0 Å². The number of benzene rings is 2. The summed E-state index contributed by atoms with van der Waals surface area (Å²) in [5.41, 5.74) is 4.34. The van der Waals surface area contributed by atoms with Gasteiger partial charge in [-0.1, -0.05) is 44.2 Å². The van der Waals surface area contributed by atoms with Crippen LogP contribution in [0.4, 0.5) is 5.69 Å². The van der Waals surface area contributed by atoms with Crippen molar-refractivity contribution in [3.8, 4) is 5.69 Å². The Morgan fingerprint density at radius 2 is 1.83 bits per heavy atom. The van der Waals surface area contributed by atoms with Gasteiger partial charge in [0.05, 0.1) is 23.1 Å². The van der Waals surface area contributed by atoms with Crippen molar-refractivity contribution in [1.82, 2.24) is 9.78 Å². The van der Waals surface area contributed by atoms with Crippen LogP contribution in [0.3, 0.4) is 0 Å². The van der Waals surface area contributed by atoms with Gasteiger partial charge in [-0.2, -0.15) is 5.10 Å². The zero-order chi connectivity index (χ0) is 17.1. The highest BCUT2D eigenvalue weighted by molar-refractivity contribution is 6.05. The van der Waals surface area contributed by atoms with Crippen LogP contribution in [0.25, 0.3) is 5.69 Å². The van der Waals surface area contributed by atoms with Gasteiger partial charge >= 0.3 is 0 Å². The summed E-state index contributed by atoms with van der Waals surface area (Å²) in [6.07, 6.45) is 1.62. The third kappa shape index (κ3) is 3.23. The highest BCUT2D eigenvalue weighted by Gasteiger charge is 2.15. The largest absolute Gasteiger partial charge is 0.322 e. The van der Waals surface area contributed by atoms with Crippen molar-refractivity contribution in [2.45, 2.75) is 26.7 Å². The van der Waals surface area contributed by atoms with Crippen LogP contribution >= 0.6 is 0 Å². The summed E-state index contributed by atoms with van der Waals surface area (Å²) in [4.78, 5) is 12.6. The topological polar surface area (TPSA) is 46.9 Å². The molecule has 0 radical (unpaired) electrons. The van der Waals surface area contributed by atoms with Gasteiger partial charge in [0.15, 0.2) is 0 Å². The van der Waals surface area contributed by atoms with E-state index in [0.717, 1.165) is 17.1 Å². The number of nitrogens with one attached hydrogen (secondary N) is 1. The molecule has 24 heavy (non-hydrogen) atoms. The first kappa shape index (κ1) is 16.0. The van der Waals surface area contributed by atoms with Gasteiger partial charge in [-0.3, -0.25) is 4.79 Å². The van der Waals surface area contributed by atoms with E-state index < -0.39 is 0 Å². The van der Waals surface area contributed by atoms with E-state index in [2.05, 4.69) is 30.3 Å². The van der Waals surface area contributed by atoms with Crippen molar-refractivity contribution in [3.05, 3.63) is 77.6 Å². The van der Waals surface area contributed by atoms with Crippen LogP contribution in [-0.2, 0) is 0 Å². The van der Waals surface area contributed by atoms with E-state index in [1.165, 1.54) is 5.56 Å². The number of carbonyl (C=O) groups excluding carboxylic acids is 1. The molecule has 3 rings (SSSR count). The molecule has 3 aromatic rings. The van der Waals surface area contributed by atoms with Gasteiger partial charge in [-0.05, 0) is 42.7 Å². The van der Waals surface area contributed by atoms with Crippen LogP contribution in [0.2, 0.25) is 0 Å². The Hall–Kier alpha value is -2.88. The van der Waals surface area contributed by atoms with Crippen molar-refractivity contribution < 1.29 is 4.79 Å². The fourth-order valence-corrected chi connectivity index (χ4v) is 2.64. The lowest BCUT2D eigenvalue weighted by Gasteiger charge is -2.10. The van der Waals surface area contributed by atoms with Gasteiger partial charge in [0.25, 0.3) is 5.91 Å². The first-order valence-electron chi connectivity index (χ1n) is 8.07. The Morgan fingerprint density at radius 3 is 2.54 bits per heavy atom. The van der Waals surface area contributed by atoms with E-state index in [4.69, 9.17) is 0 Å². The molecule has 0 saturated carbocycles. The summed E-state index contributed by atoms with van der Waals surface area (Å²) in [5.74, 6) is 0.278. The summed E-state index contributed by atoms with van der Waals surface area (Å²) in [6, 6.07) is 17.7. The molecule has 0 atom stereocenters. The number of nitrogens with zero attached hydrogens (tertiary/aromatic N) is 2. The Labute approximate surface area is 142 Å². The Balaban J connectivity index is 1.84. The number of aromatic nitrogens is 2. The maximum atomic E-state index is 12.6. The van der Waals surface area contributed by atoms with E-state index in [-0.39, 0.29) is 5.91 Å². The molecule has 0 aliphatic carbocycles. The average Bonchev–Trinajstić information content (AvgIpc) is 2.97. The van der Waals surface area contributed by atoms with Gasteiger partial charge in [0, 0.05) is 5.69 Å². The summed E-state index contributed by atoms with van der Waals surface area (Å²) in [7, 11) is 0. The number of hydrogen-bond donors (Lipinski definition) is 1. The maximum Gasteiger partial charge on any atom is 0.259 e. The highest BCUT2D eigenvalue weighted by atomic mass is 16.1. The molecule has 1 aromatic heterocycles. The molecule has 0 aliphatic heterocycles. The number of para-hydroxylation sites is 1. The summed E-state index contributed by atoms with van der Waals surface area (Å²) < 4.78 is 1.78. The predicted molar refractivity (Wildman–Crippen MR) is 96.8 cm³/mol. The number of anilines is 1. The molecule has 122 valence electrons. The van der Waals surface area contributed by atoms with E-state index in [0.29, 0.717) is 11.5 Å². The highest BCUT2D eigenvalue weighted by Crippen LogP contribution is 2.20. The Kier molecular flexibility index (Phi) is 4.47. The summed E-state index contributed by atoms with van der Waals surface area (Å²) in [6.45, 7) is 6.17. The maximum absolute atomic E-state index is 12.6. The second kappa shape index (κ2) is 6.71. The molecular formula is C20H21N3O. The third-order valence-corrected chi connectivity index (χ3v) is 4.07. The quantitative estimate of drug-likeness (QED) is 0.766. The van der Waals surface area contributed by atoms with Crippen LogP contribution < -0.4 is 5.32 Å². The first-order valence-corrected chi connectivity index (χ1v) is 8.07. The molecular weight excluding hydrogens is 298 g/mol. The summed E-state index contributed by atoms with van der Waals surface area (Å²) in [5, 5.41) is 7.32. The summed E-state index contributed by atoms with van der Waals surface area (Å²) >= 11 is 0. The van der Waals surface area contributed by atoms with E-state index >= 15 is 0 Å². The molecule has 1 heterocycles. The van der Waals surface area contributed by atoms with Crippen molar-refractivity contribution in [1.29, 1.82) is 0 Å². The third-order valence-electron chi connectivity index (χ3n) is 4.07. The smallest absolute Gasteiger partial charge is 0.259 e. The van der Waals surface area contributed by atoms with Crippen LogP contribution in [0, 0.1) is 6.92 Å². The molecule has 0 saturated heterocycles. The van der Waals surface area contributed by atoms with Crippen LogP contribution in [0.1, 0.15) is 41.4 Å². The second-order valence-corrected chi connectivity index (χ2v) is 6.13. The lowest BCUT2D eigenvalue weighted by Crippen LogP contribution is -2.13. The Bertz CT molecular complexity index is 850. The molecule has 0 fully saturated rings. The zero-order valence-corrected chi connectivity index (χ0v) is 14.2. The minimum absolute atomic E-state index is 0.143. The van der Waals surface area contributed by atoms with Crippen LogP contribution in [-0.4, -0.2) is 15.7 Å². The minimum Gasteiger partial charge on any atom is -0.322 e. The van der Waals surface area contributed by atoms with E-state index in [9.17, 15) is 4.79 Å². The number of rotatable bonds is 4. The van der Waals surface area contributed by atoms with Crippen molar-refractivity contribution >= 4 is 11.6 Å². The first-order chi connectivity index (χ1) is 11.6. The second-order valence-electron chi connectivity index (χ2n) is 6.13. The van der Waals surface area contributed by atoms with E-state index in [1.54, 1.807) is 10.9 Å². The van der Waals surface area contributed by atoms with E-state index in [1.807, 2.05) is 55.5 Å². The van der Waals surface area contributed by atoms with Crippen molar-refractivity contribution in [3.63, 3.8) is 0 Å². The molecule has 1 amide bonds. The molecule has 4 heteroatoms. The SMILES string of the molecule is Cc1c(C(=O)Nc2cccc(C(C)C)c2)cnn1-c1ccccc1. The molecule has 4 nitrogen and oxygen atoms in total. The lowest BCUT2D eigenvalue weighted by atomic mass is 10.0. The zero-order valence-electron chi connectivity index (χ0n) is 14.2. The molecule has 0 bridgehead atoms. The van der Waals surface area contributed by atoms with Crippen LogP contribution in [0.5, 0.6) is 0 Å². The number of carbonyl (C=O) groups is 1. The van der Waals surface area contributed by atoms with Crippen LogP contribution in [0.15, 0.2) is 60.8 Å². The van der Waals surface area contributed by atoms with Gasteiger partial charge < -0.3 is 5.32 Å².